The van der Waals surface area contributed by atoms with Crippen LogP contribution in [0.2, 0.25) is 0 Å². The van der Waals surface area contributed by atoms with E-state index in [-0.39, 0.29) is 11.7 Å². The third-order valence-corrected chi connectivity index (χ3v) is 5.94. The summed E-state index contributed by atoms with van der Waals surface area (Å²) < 4.78 is 5.44. The van der Waals surface area contributed by atoms with Crippen LogP contribution in [0.15, 0.2) is 36.4 Å². The average molecular weight is 377 g/mol. The second-order valence-electron chi connectivity index (χ2n) is 7.78. The number of carbonyl (C=O) groups excluding carboxylic acids is 1. The molecule has 2 N–H and O–H groups in total. The zero-order chi connectivity index (χ0) is 19.1. The van der Waals surface area contributed by atoms with Crippen LogP contribution in [0.3, 0.4) is 0 Å². The van der Waals surface area contributed by atoms with Crippen molar-refractivity contribution < 1.29 is 14.6 Å². The number of aromatic amines is 1. The van der Waals surface area contributed by atoms with Crippen molar-refractivity contribution in [3.05, 3.63) is 58.8 Å². The van der Waals surface area contributed by atoms with Crippen molar-refractivity contribution in [2.45, 2.75) is 32.4 Å². The Bertz CT molecular complexity index is 1010. The smallest absolute Gasteiger partial charge is 0.258 e. The normalized spacial score (nSPS) is 17.2. The van der Waals surface area contributed by atoms with E-state index in [1.165, 1.54) is 11.1 Å². The van der Waals surface area contributed by atoms with Crippen LogP contribution in [0.1, 0.15) is 40.0 Å². The number of hydrogen-bond acceptors (Lipinski definition) is 4. The summed E-state index contributed by atoms with van der Waals surface area (Å²) in [5.41, 5.74) is 4.40. The van der Waals surface area contributed by atoms with E-state index in [0.717, 1.165) is 49.1 Å². The summed E-state index contributed by atoms with van der Waals surface area (Å²) in [4.78, 5) is 14.9. The largest absolute Gasteiger partial charge is 0.507 e. The molecule has 1 saturated heterocycles. The monoisotopic (exact) mass is 377 g/mol. The molecule has 1 amide bonds. The molecule has 2 aliphatic rings. The maximum absolute atomic E-state index is 13.1. The first kappa shape index (κ1) is 17.3. The number of H-pyrrole nitrogens is 1. The third kappa shape index (κ3) is 3.03. The highest BCUT2D eigenvalue weighted by molar-refractivity contribution is 6.01. The van der Waals surface area contributed by atoms with Gasteiger partial charge in [-0.1, -0.05) is 24.3 Å². The molecular weight excluding hydrogens is 354 g/mol. The predicted octanol–water partition coefficient (Wildman–Crippen LogP) is 3.39. The summed E-state index contributed by atoms with van der Waals surface area (Å²) >= 11 is 0. The van der Waals surface area contributed by atoms with E-state index in [1.54, 1.807) is 17.0 Å². The van der Waals surface area contributed by atoms with Crippen molar-refractivity contribution >= 4 is 16.8 Å². The maximum atomic E-state index is 13.1. The molecule has 3 heterocycles. The Balaban J connectivity index is 1.43. The van der Waals surface area contributed by atoms with Crippen molar-refractivity contribution in [3.63, 3.8) is 0 Å². The molecule has 5 rings (SSSR count). The van der Waals surface area contributed by atoms with Crippen molar-refractivity contribution in [3.8, 4) is 5.75 Å². The van der Waals surface area contributed by atoms with Gasteiger partial charge in [0.15, 0.2) is 0 Å². The number of fused-ring (bicyclic) bond motifs is 2. The number of hydrogen-bond donors (Lipinski definition) is 2. The topological polar surface area (TPSA) is 78.4 Å². The summed E-state index contributed by atoms with van der Waals surface area (Å²) in [6.45, 7) is 2.75. The van der Waals surface area contributed by atoms with E-state index in [2.05, 4.69) is 10.2 Å². The number of ether oxygens (including phenoxy) is 1. The van der Waals surface area contributed by atoms with Crippen LogP contribution in [0, 0.1) is 5.92 Å². The van der Waals surface area contributed by atoms with E-state index in [4.69, 9.17) is 4.74 Å². The van der Waals surface area contributed by atoms with E-state index in [0.29, 0.717) is 24.6 Å². The minimum absolute atomic E-state index is 0.00489. The molecule has 2 aromatic carbocycles. The first-order chi connectivity index (χ1) is 13.7. The van der Waals surface area contributed by atoms with Gasteiger partial charge in [-0.3, -0.25) is 9.89 Å². The van der Waals surface area contributed by atoms with Crippen molar-refractivity contribution in [2.24, 2.45) is 5.92 Å². The zero-order valence-electron chi connectivity index (χ0n) is 15.6. The molecule has 6 nitrogen and oxygen atoms in total. The maximum Gasteiger partial charge on any atom is 0.258 e. The number of nitrogens with one attached hydrogen (secondary N) is 1. The fraction of sp³-hybridized carbons (Fsp3) is 0.364. The minimum atomic E-state index is -0.145. The molecular formula is C22H23N3O3. The summed E-state index contributed by atoms with van der Waals surface area (Å²) in [5.74, 6) is 0.393. The summed E-state index contributed by atoms with van der Waals surface area (Å²) in [6, 6.07) is 11.5. The highest BCUT2D eigenvalue weighted by Crippen LogP contribution is 2.31. The van der Waals surface area contributed by atoms with Gasteiger partial charge >= 0.3 is 0 Å². The summed E-state index contributed by atoms with van der Waals surface area (Å²) in [5, 5.41) is 18.9. The van der Waals surface area contributed by atoms with Gasteiger partial charge in [0, 0.05) is 37.8 Å². The fourth-order valence-electron chi connectivity index (χ4n) is 4.31. The molecule has 6 heteroatoms. The Hall–Kier alpha value is -2.86. The first-order valence-electron chi connectivity index (χ1n) is 9.83. The lowest BCUT2D eigenvalue weighted by Gasteiger charge is -2.21. The molecule has 2 aliphatic heterocycles. The number of nitrogens with zero attached hydrogens (tertiary/aromatic N) is 2. The summed E-state index contributed by atoms with van der Waals surface area (Å²) in [6.07, 6.45) is 2.92. The lowest BCUT2D eigenvalue weighted by molar-refractivity contribution is 0.0663. The van der Waals surface area contributed by atoms with Crippen LogP contribution in [0.4, 0.5) is 0 Å². The number of phenolic OH excluding ortho intramolecular Hbond substituents is 1. The van der Waals surface area contributed by atoms with Crippen molar-refractivity contribution in [2.75, 3.05) is 13.2 Å². The molecule has 0 unspecified atom stereocenters. The van der Waals surface area contributed by atoms with Crippen molar-refractivity contribution in [1.29, 1.82) is 0 Å². The molecule has 1 fully saturated rings. The Morgan fingerprint density at radius 2 is 1.89 bits per heavy atom. The summed E-state index contributed by atoms with van der Waals surface area (Å²) in [7, 11) is 0. The van der Waals surface area contributed by atoms with Gasteiger partial charge in [-0.15, -0.1) is 0 Å². The quantitative estimate of drug-likeness (QED) is 0.733. The molecule has 0 aliphatic carbocycles. The minimum Gasteiger partial charge on any atom is -0.507 e. The third-order valence-electron chi connectivity index (χ3n) is 5.94. The van der Waals surface area contributed by atoms with Crippen LogP contribution in [-0.4, -0.2) is 39.3 Å². The van der Waals surface area contributed by atoms with E-state index in [1.807, 2.05) is 24.3 Å². The molecule has 1 aromatic heterocycles. The van der Waals surface area contributed by atoms with Gasteiger partial charge < -0.3 is 14.7 Å². The van der Waals surface area contributed by atoms with Gasteiger partial charge in [-0.05, 0) is 42.4 Å². The molecule has 0 atom stereocenters. The Morgan fingerprint density at radius 1 is 1.18 bits per heavy atom. The Labute approximate surface area is 163 Å². The number of aromatic nitrogens is 2. The lowest BCUT2D eigenvalue weighted by Crippen LogP contribution is -2.25. The van der Waals surface area contributed by atoms with Gasteiger partial charge in [0.1, 0.15) is 5.75 Å². The molecule has 0 saturated carbocycles. The number of amides is 1. The van der Waals surface area contributed by atoms with E-state index < -0.39 is 0 Å². The highest BCUT2D eigenvalue weighted by Gasteiger charge is 2.27. The van der Waals surface area contributed by atoms with Crippen LogP contribution >= 0.6 is 0 Å². The van der Waals surface area contributed by atoms with Gasteiger partial charge in [-0.2, -0.15) is 5.10 Å². The van der Waals surface area contributed by atoms with Gasteiger partial charge in [0.05, 0.1) is 16.8 Å². The van der Waals surface area contributed by atoms with Crippen LogP contribution in [-0.2, 0) is 24.2 Å². The molecule has 0 spiro atoms. The predicted molar refractivity (Wildman–Crippen MR) is 105 cm³/mol. The zero-order valence-corrected chi connectivity index (χ0v) is 15.6. The second kappa shape index (κ2) is 6.95. The average Bonchev–Trinajstić information content (AvgIpc) is 3.32. The van der Waals surface area contributed by atoms with Crippen molar-refractivity contribution in [1.82, 2.24) is 15.1 Å². The standard InChI is InChI=1S/C22H23N3O3/c26-21-11-20-17(19(23-24-20)9-14-5-7-28-8-6-14)10-18(21)22(27)25-12-15-3-1-2-4-16(15)13-25/h1-4,10-11,14,26H,5-9,12-13H2,(H,23,24). The van der Waals surface area contributed by atoms with Crippen LogP contribution in [0.25, 0.3) is 10.9 Å². The SMILES string of the molecule is O=C(c1cc2c(CC3CCOCC3)n[nH]c2cc1O)N1Cc2ccccc2C1. The van der Waals surface area contributed by atoms with Gasteiger partial charge in [0.25, 0.3) is 5.91 Å². The lowest BCUT2D eigenvalue weighted by atomic mass is 9.93. The molecule has 3 aromatic rings. The van der Waals surface area contributed by atoms with Gasteiger partial charge in [-0.25, -0.2) is 0 Å². The Kier molecular flexibility index (Phi) is 4.28. The van der Waals surface area contributed by atoms with Crippen LogP contribution in [0.5, 0.6) is 5.75 Å². The Morgan fingerprint density at radius 3 is 2.61 bits per heavy atom. The number of rotatable bonds is 3. The van der Waals surface area contributed by atoms with Gasteiger partial charge in [0.2, 0.25) is 0 Å². The molecule has 0 radical (unpaired) electrons. The number of phenols is 1. The molecule has 28 heavy (non-hydrogen) atoms. The van der Waals surface area contributed by atoms with E-state index >= 15 is 0 Å². The number of aromatic hydroxyl groups is 1. The first-order valence-corrected chi connectivity index (χ1v) is 9.83. The second-order valence-corrected chi connectivity index (χ2v) is 7.78. The number of carbonyl (C=O) groups is 1. The fourth-order valence-corrected chi connectivity index (χ4v) is 4.31. The highest BCUT2D eigenvalue weighted by atomic mass is 16.5. The van der Waals surface area contributed by atoms with Crippen LogP contribution < -0.4 is 0 Å². The molecule has 0 bridgehead atoms. The van der Waals surface area contributed by atoms with E-state index in [9.17, 15) is 9.90 Å². The molecule has 144 valence electrons. The number of benzene rings is 2.